The van der Waals surface area contributed by atoms with E-state index in [4.69, 9.17) is 0 Å². The molecular weight excluding hydrogens is 236 g/mol. The summed E-state index contributed by atoms with van der Waals surface area (Å²) in [5, 5.41) is 10.6. The van der Waals surface area contributed by atoms with E-state index in [1.807, 2.05) is 18.5 Å². The Morgan fingerprint density at radius 1 is 1.33 bits per heavy atom. The minimum absolute atomic E-state index is 0.215. The van der Waals surface area contributed by atoms with Crippen LogP contribution in [0, 0.1) is 17.0 Å². The summed E-state index contributed by atoms with van der Waals surface area (Å²) in [4.78, 5) is 22.1. The Hall–Kier alpha value is -2.51. The van der Waals surface area contributed by atoms with Crippen LogP contribution in [0.5, 0.6) is 0 Å². The van der Waals surface area contributed by atoms with E-state index >= 15 is 0 Å². The Kier molecular flexibility index (Phi) is 2.92. The molecule has 0 radical (unpaired) electrons. The molecule has 0 saturated carbocycles. The predicted molar refractivity (Wildman–Crippen MR) is 65.1 cm³/mol. The van der Waals surface area contributed by atoms with Crippen LogP contribution >= 0.6 is 0 Å². The van der Waals surface area contributed by atoms with Crippen molar-refractivity contribution < 1.29 is 4.92 Å². The van der Waals surface area contributed by atoms with Crippen molar-refractivity contribution in [3.05, 3.63) is 33.9 Å². The Bertz CT molecular complexity index is 624. The van der Waals surface area contributed by atoms with Crippen molar-refractivity contribution in [3.63, 3.8) is 0 Å². The molecule has 8 heteroatoms. The number of imidazole rings is 2. The molecule has 0 aliphatic carbocycles. The minimum Gasteiger partial charge on any atom is -0.390 e. The Balaban J connectivity index is 2.30. The molecule has 94 valence electrons. The lowest BCUT2D eigenvalue weighted by molar-refractivity contribution is -0.396. The summed E-state index contributed by atoms with van der Waals surface area (Å²) in [6.07, 6.45) is 4.61. The number of hydrogen-bond acceptors (Lipinski definition) is 5. The van der Waals surface area contributed by atoms with Crippen LogP contribution in [0.2, 0.25) is 0 Å². The molecule has 18 heavy (non-hydrogen) atoms. The molecule has 0 aromatic carbocycles. The largest absolute Gasteiger partial charge is 0.434 e. The third-order valence-electron chi connectivity index (χ3n) is 2.67. The average Bonchev–Trinajstić information content (AvgIpc) is 2.83. The lowest BCUT2D eigenvalue weighted by atomic mass is 10.5. The summed E-state index contributed by atoms with van der Waals surface area (Å²) in [7, 11) is 3.41. The van der Waals surface area contributed by atoms with E-state index in [1.165, 1.54) is 17.0 Å². The van der Waals surface area contributed by atoms with Gasteiger partial charge in [-0.3, -0.25) is 0 Å². The summed E-state index contributed by atoms with van der Waals surface area (Å²) >= 11 is 0. The molecule has 0 aliphatic heterocycles. The van der Waals surface area contributed by atoms with Gasteiger partial charge in [-0.15, -0.1) is 0 Å². The summed E-state index contributed by atoms with van der Waals surface area (Å²) in [5.74, 6) is 0.323. The standard InChI is InChI=1S/C10H12N6O2/c1-7-4-11-9(14(7)2)12-5-8-6-13-10(15(8)3)16(17)18/h4-6H,1-3H3. The monoisotopic (exact) mass is 248 g/mol. The SMILES string of the molecule is Cc1cnc(N=Cc2cnc([N+](=O)[O-])n2C)n1C. The van der Waals surface area contributed by atoms with E-state index in [0.717, 1.165) is 5.69 Å². The Morgan fingerprint density at radius 3 is 2.56 bits per heavy atom. The highest BCUT2D eigenvalue weighted by Gasteiger charge is 2.15. The second kappa shape index (κ2) is 4.40. The maximum atomic E-state index is 10.6. The zero-order chi connectivity index (χ0) is 13.3. The molecule has 0 atom stereocenters. The van der Waals surface area contributed by atoms with E-state index in [-0.39, 0.29) is 5.95 Å². The van der Waals surface area contributed by atoms with Crippen molar-refractivity contribution >= 4 is 18.1 Å². The maximum absolute atomic E-state index is 10.6. The highest BCUT2D eigenvalue weighted by atomic mass is 16.6. The van der Waals surface area contributed by atoms with E-state index < -0.39 is 4.92 Å². The van der Waals surface area contributed by atoms with Gasteiger partial charge in [-0.1, -0.05) is 4.98 Å². The highest BCUT2D eigenvalue weighted by molar-refractivity contribution is 5.79. The summed E-state index contributed by atoms with van der Waals surface area (Å²) in [5.41, 5.74) is 1.53. The van der Waals surface area contributed by atoms with Gasteiger partial charge in [0.15, 0.2) is 5.69 Å². The molecule has 0 bridgehead atoms. The molecule has 2 heterocycles. The molecule has 2 aromatic rings. The van der Waals surface area contributed by atoms with Crippen molar-refractivity contribution in [2.75, 3.05) is 0 Å². The Labute approximate surface area is 103 Å². The zero-order valence-electron chi connectivity index (χ0n) is 10.2. The van der Waals surface area contributed by atoms with Crippen LogP contribution in [0.25, 0.3) is 0 Å². The van der Waals surface area contributed by atoms with E-state index in [0.29, 0.717) is 11.6 Å². The molecule has 0 unspecified atom stereocenters. The second-order valence-electron chi connectivity index (χ2n) is 3.82. The fraction of sp³-hybridized carbons (Fsp3) is 0.300. The van der Waals surface area contributed by atoms with Crippen LogP contribution < -0.4 is 0 Å². The van der Waals surface area contributed by atoms with Gasteiger partial charge in [-0.2, -0.15) is 0 Å². The number of aliphatic imine (C=N–C) groups is 1. The first-order valence-corrected chi connectivity index (χ1v) is 5.19. The van der Waals surface area contributed by atoms with Gasteiger partial charge in [0, 0.05) is 12.7 Å². The zero-order valence-corrected chi connectivity index (χ0v) is 10.2. The molecule has 2 rings (SSSR count). The second-order valence-corrected chi connectivity index (χ2v) is 3.82. The van der Waals surface area contributed by atoms with Crippen LogP contribution in [0.15, 0.2) is 17.4 Å². The molecule has 0 fully saturated rings. The first-order valence-electron chi connectivity index (χ1n) is 5.19. The normalized spacial score (nSPS) is 11.3. The number of hydrogen-bond donors (Lipinski definition) is 0. The molecule has 8 nitrogen and oxygen atoms in total. The van der Waals surface area contributed by atoms with Crippen LogP contribution in [0.1, 0.15) is 11.4 Å². The number of nitrogens with zero attached hydrogens (tertiary/aromatic N) is 6. The van der Waals surface area contributed by atoms with Gasteiger partial charge >= 0.3 is 5.95 Å². The van der Waals surface area contributed by atoms with Crippen molar-refractivity contribution in [1.82, 2.24) is 19.1 Å². The first kappa shape index (κ1) is 12.0. The summed E-state index contributed by atoms with van der Waals surface area (Å²) in [6.45, 7) is 1.92. The third kappa shape index (κ3) is 1.99. The van der Waals surface area contributed by atoms with Crippen LogP contribution in [-0.2, 0) is 14.1 Å². The van der Waals surface area contributed by atoms with Crippen LogP contribution in [0.4, 0.5) is 11.9 Å². The highest BCUT2D eigenvalue weighted by Crippen LogP contribution is 2.12. The van der Waals surface area contributed by atoms with Crippen molar-refractivity contribution in [2.45, 2.75) is 6.92 Å². The molecule has 0 N–H and O–H groups in total. The van der Waals surface area contributed by atoms with Crippen LogP contribution in [-0.4, -0.2) is 30.2 Å². The summed E-state index contributed by atoms with van der Waals surface area (Å²) in [6, 6.07) is 0. The molecule has 0 saturated heterocycles. The molecular formula is C10H12N6O2. The topological polar surface area (TPSA) is 91.1 Å². The number of aryl methyl sites for hydroxylation is 1. The van der Waals surface area contributed by atoms with E-state index in [9.17, 15) is 10.1 Å². The van der Waals surface area contributed by atoms with Gasteiger partial charge in [-0.05, 0) is 11.8 Å². The van der Waals surface area contributed by atoms with Gasteiger partial charge in [0.05, 0.1) is 19.5 Å². The number of rotatable bonds is 3. The third-order valence-corrected chi connectivity index (χ3v) is 2.67. The van der Waals surface area contributed by atoms with Gasteiger partial charge < -0.3 is 14.7 Å². The molecule has 0 amide bonds. The van der Waals surface area contributed by atoms with Crippen LogP contribution in [0.3, 0.4) is 0 Å². The lowest BCUT2D eigenvalue weighted by Crippen LogP contribution is -2.01. The first-order chi connectivity index (χ1) is 8.50. The van der Waals surface area contributed by atoms with Gasteiger partial charge in [0.2, 0.25) is 5.95 Å². The van der Waals surface area contributed by atoms with E-state index in [2.05, 4.69) is 15.0 Å². The van der Waals surface area contributed by atoms with Crippen molar-refractivity contribution in [1.29, 1.82) is 0 Å². The maximum Gasteiger partial charge on any atom is 0.434 e. The smallest absolute Gasteiger partial charge is 0.390 e. The van der Waals surface area contributed by atoms with Gasteiger partial charge in [0.25, 0.3) is 0 Å². The average molecular weight is 248 g/mol. The van der Waals surface area contributed by atoms with Crippen molar-refractivity contribution in [3.8, 4) is 0 Å². The summed E-state index contributed by atoms with van der Waals surface area (Å²) < 4.78 is 3.18. The fourth-order valence-electron chi connectivity index (χ4n) is 1.43. The number of nitro groups is 1. The quantitative estimate of drug-likeness (QED) is 0.462. The Morgan fingerprint density at radius 2 is 2.06 bits per heavy atom. The van der Waals surface area contributed by atoms with Crippen molar-refractivity contribution in [2.24, 2.45) is 19.1 Å². The van der Waals surface area contributed by atoms with Gasteiger partial charge in [0.1, 0.15) is 6.20 Å². The fourth-order valence-corrected chi connectivity index (χ4v) is 1.43. The predicted octanol–water partition coefficient (Wildman–Crippen LogP) is 1.12. The molecule has 2 aromatic heterocycles. The number of aromatic nitrogens is 4. The minimum atomic E-state index is -0.539. The molecule has 0 aliphatic rings. The lowest BCUT2D eigenvalue weighted by Gasteiger charge is -1.97. The van der Waals surface area contributed by atoms with Gasteiger partial charge in [-0.25, -0.2) is 14.5 Å². The molecule has 0 spiro atoms. The van der Waals surface area contributed by atoms with E-state index in [1.54, 1.807) is 13.2 Å².